The number of nitrogens with zero attached hydrogens (tertiary/aromatic N) is 4. The summed E-state index contributed by atoms with van der Waals surface area (Å²) < 4.78 is 21.1. The highest BCUT2D eigenvalue weighted by molar-refractivity contribution is 6.01. The first kappa shape index (κ1) is 46.1. The van der Waals surface area contributed by atoms with Crippen LogP contribution in [0.2, 0.25) is 0 Å². The smallest absolute Gasteiger partial charge is 0.310 e. The average Bonchev–Trinajstić information content (AvgIpc) is 4.11. The predicted octanol–water partition coefficient (Wildman–Crippen LogP) is 7.97. The second-order valence-electron chi connectivity index (χ2n) is 21.1. The number of aromatic nitrogens is 2. The van der Waals surface area contributed by atoms with Gasteiger partial charge in [-0.1, -0.05) is 0 Å². The van der Waals surface area contributed by atoms with Crippen molar-refractivity contribution in [1.82, 2.24) is 24.3 Å². The molecule has 3 amide bonds. The fourth-order valence-corrected chi connectivity index (χ4v) is 13.0. The summed E-state index contributed by atoms with van der Waals surface area (Å²) in [6.45, 7) is 8.22. The molecule has 1 N–H and O–H groups in total. The minimum atomic E-state index is -0.212. The molecule has 7 aliphatic rings. The molecule has 1 saturated carbocycles. The van der Waals surface area contributed by atoms with E-state index in [1.165, 1.54) is 82.8 Å². The Morgan fingerprint density at radius 1 is 0.612 bits per heavy atom. The van der Waals surface area contributed by atoms with Gasteiger partial charge in [0, 0.05) is 117 Å². The second kappa shape index (κ2) is 20.1. The van der Waals surface area contributed by atoms with Crippen molar-refractivity contribution < 1.29 is 33.4 Å². The van der Waals surface area contributed by atoms with Crippen molar-refractivity contribution in [3.63, 3.8) is 0 Å². The summed E-state index contributed by atoms with van der Waals surface area (Å²) >= 11 is 0. The lowest BCUT2D eigenvalue weighted by atomic mass is 9.75. The number of rotatable bonds is 8. The Kier molecular flexibility index (Phi) is 13.8. The zero-order valence-corrected chi connectivity index (χ0v) is 40.3. The summed E-state index contributed by atoms with van der Waals surface area (Å²) in [6, 6.07) is 12.8. The number of carbonyl (C=O) groups excluding carboxylic acids is 4. The van der Waals surface area contributed by atoms with Crippen LogP contribution in [0.15, 0.2) is 36.4 Å². The molecule has 3 aliphatic carbocycles. The Balaban J connectivity index is 0.000000157. The SMILES string of the molecule is CCOC(=O)[C@H]1CCCN(C(=O)c2ccc3c(c2)c2c(n3C)CCC(C3CCOCC3)C2)C1.Cn1c2c(c3cc(C(=O)N4CCC[C@H](C(=O)NC5CC5)C4)ccc31)CC(C1CCOCC1)CC2. The first-order chi connectivity index (χ1) is 32.6. The van der Waals surface area contributed by atoms with Crippen LogP contribution in [0.5, 0.6) is 0 Å². The van der Waals surface area contributed by atoms with Gasteiger partial charge in [-0.2, -0.15) is 0 Å². The molecule has 360 valence electrons. The molecule has 4 saturated heterocycles. The largest absolute Gasteiger partial charge is 0.466 e. The monoisotopic (exact) mass is 916 g/mol. The fourth-order valence-electron chi connectivity index (χ4n) is 13.0. The number of likely N-dealkylation sites (tertiary alicyclic amines) is 2. The molecule has 67 heavy (non-hydrogen) atoms. The highest BCUT2D eigenvalue weighted by atomic mass is 16.5. The number of nitrogens with one attached hydrogen (secondary N) is 1. The molecule has 5 fully saturated rings. The van der Waals surface area contributed by atoms with Crippen molar-refractivity contribution in [3.05, 3.63) is 70.0 Å². The van der Waals surface area contributed by atoms with Crippen LogP contribution in [0.4, 0.5) is 0 Å². The molecule has 12 heteroatoms. The zero-order chi connectivity index (χ0) is 46.2. The van der Waals surface area contributed by atoms with Crippen LogP contribution < -0.4 is 5.32 Å². The number of hydrogen-bond donors (Lipinski definition) is 1. The van der Waals surface area contributed by atoms with E-state index >= 15 is 0 Å². The highest BCUT2D eigenvalue weighted by Gasteiger charge is 2.36. The molecule has 4 aromatic rings. The maximum Gasteiger partial charge on any atom is 0.310 e. The van der Waals surface area contributed by atoms with Crippen LogP contribution in [0.25, 0.3) is 21.8 Å². The molecule has 4 atom stereocenters. The van der Waals surface area contributed by atoms with E-state index in [4.69, 9.17) is 14.2 Å². The van der Waals surface area contributed by atoms with Gasteiger partial charge in [-0.3, -0.25) is 19.2 Å². The van der Waals surface area contributed by atoms with E-state index in [9.17, 15) is 19.2 Å². The van der Waals surface area contributed by atoms with Crippen LogP contribution in [0.3, 0.4) is 0 Å². The number of aryl methyl sites for hydroxylation is 2. The maximum absolute atomic E-state index is 13.5. The first-order valence-electron chi connectivity index (χ1n) is 26.1. The standard InChI is InChI=1S/C28H37N3O3.C27H36N2O4/c1-30-25-8-4-19(18-10-13-34-14-11-18)15-23(25)24-16-20(5-9-26(24)30)28(33)31-12-2-3-21(17-31)27(32)29-22-6-7-22;1-3-33-27(31)21-5-4-12-29(17-21)26(30)20-7-9-25-23(16-20)22-15-19(6-8-24(22)28(25)2)18-10-13-32-14-11-18/h5,9,16,18-19,21-22H,2-4,6-8,10-15,17H2,1H3,(H,29,32);7,9,16,18-19,21H,3-6,8,10-15,17H2,1-2H3/t2*19?,21-/m00/s1. The van der Waals surface area contributed by atoms with Gasteiger partial charge in [0.1, 0.15) is 0 Å². The molecular formula is C55H73N5O7. The van der Waals surface area contributed by atoms with Crippen molar-refractivity contribution in [2.75, 3.05) is 59.2 Å². The van der Waals surface area contributed by atoms with Gasteiger partial charge in [0.2, 0.25) is 5.91 Å². The summed E-state index contributed by atoms with van der Waals surface area (Å²) in [4.78, 5) is 55.5. The average molecular weight is 916 g/mol. The van der Waals surface area contributed by atoms with Crippen molar-refractivity contribution in [1.29, 1.82) is 0 Å². The normalized spacial score (nSPS) is 24.9. The van der Waals surface area contributed by atoms with Gasteiger partial charge in [0.15, 0.2) is 0 Å². The third-order valence-corrected chi connectivity index (χ3v) is 17.0. The Morgan fingerprint density at radius 2 is 1.09 bits per heavy atom. The van der Waals surface area contributed by atoms with Crippen LogP contribution >= 0.6 is 0 Å². The lowest BCUT2D eigenvalue weighted by molar-refractivity contribution is -0.149. The number of esters is 1. The molecule has 0 bridgehead atoms. The molecule has 4 aliphatic heterocycles. The first-order valence-corrected chi connectivity index (χ1v) is 26.1. The number of benzene rings is 2. The molecule has 6 heterocycles. The molecule has 0 radical (unpaired) electrons. The molecular weight excluding hydrogens is 843 g/mol. The Bertz CT molecular complexity index is 2470. The van der Waals surface area contributed by atoms with E-state index in [0.717, 1.165) is 120 Å². The lowest BCUT2D eigenvalue weighted by Crippen LogP contribution is -2.45. The lowest BCUT2D eigenvalue weighted by Gasteiger charge is -2.33. The molecule has 0 spiro atoms. The third kappa shape index (κ3) is 9.68. The number of hydrogen-bond acceptors (Lipinski definition) is 7. The van der Waals surface area contributed by atoms with Crippen LogP contribution in [0, 0.1) is 35.5 Å². The van der Waals surface area contributed by atoms with E-state index in [2.05, 4.69) is 52.8 Å². The number of ether oxygens (including phenoxy) is 3. The summed E-state index contributed by atoms with van der Waals surface area (Å²) in [7, 11) is 4.33. The predicted molar refractivity (Wildman–Crippen MR) is 259 cm³/mol. The molecule has 2 aromatic heterocycles. The molecule has 2 aromatic carbocycles. The highest BCUT2D eigenvalue weighted by Crippen LogP contribution is 2.41. The van der Waals surface area contributed by atoms with Gasteiger partial charge in [-0.25, -0.2) is 0 Å². The van der Waals surface area contributed by atoms with Crippen molar-refractivity contribution >= 4 is 45.5 Å². The summed E-state index contributed by atoms with van der Waals surface area (Å²) in [5.41, 5.74) is 9.70. The van der Waals surface area contributed by atoms with Crippen LogP contribution in [-0.4, -0.2) is 108 Å². The van der Waals surface area contributed by atoms with E-state index in [-0.39, 0.29) is 35.5 Å². The van der Waals surface area contributed by atoms with Gasteiger partial charge in [-0.05, 0) is 181 Å². The van der Waals surface area contributed by atoms with Crippen molar-refractivity contribution in [2.24, 2.45) is 49.6 Å². The summed E-state index contributed by atoms with van der Waals surface area (Å²) in [5, 5.41) is 5.61. The molecule has 11 rings (SSSR count). The van der Waals surface area contributed by atoms with Gasteiger partial charge in [0.05, 0.1) is 18.4 Å². The third-order valence-electron chi connectivity index (χ3n) is 17.0. The number of carbonyl (C=O) groups is 4. The van der Waals surface area contributed by atoms with E-state index in [1.54, 1.807) is 0 Å². The van der Waals surface area contributed by atoms with E-state index < -0.39 is 0 Å². The second-order valence-corrected chi connectivity index (χ2v) is 21.1. The Morgan fingerprint density at radius 3 is 1.57 bits per heavy atom. The van der Waals surface area contributed by atoms with Crippen LogP contribution in [-0.2, 0) is 63.6 Å². The van der Waals surface area contributed by atoms with Crippen LogP contribution in [0.1, 0.15) is 127 Å². The topological polar surface area (TPSA) is 124 Å². The molecule has 2 unspecified atom stereocenters. The molecule has 12 nitrogen and oxygen atoms in total. The minimum Gasteiger partial charge on any atom is -0.466 e. The number of piperidine rings is 2. The van der Waals surface area contributed by atoms with E-state index in [1.807, 2.05) is 28.9 Å². The van der Waals surface area contributed by atoms with Gasteiger partial charge in [0.25, 0.3) is 11.8 Å². The van der Waals surface area contributed by atoms with Gasteiger partial charge < -0.3 is 38.5 Å². The van der Waals surface area contributed by atoms with Gasteiger partial charge in [-0.15, -0.1) is 0 Å². The fraction of sp³-hybridized carbons (Fsp3) is 0.636. The maximum atomic E-state index is 13.5. The Hall–Kier alpha value is -4.68. The Labute approximate surface area is 396 Å². The van der Waals surface area contributed by atoms with Crippen molar-refractivity contribution in [2.45, 2.75) is 116 Å². The number of amides is 3. The van der Waals surface area contributed by atoms with E-state index in [0.29, 0.717) is 44.1 Å². The minimum absolute atomic E-state index is 0.0280. The van der Waals surface area contributed by atoms with Crippen molar-refractivity contribution in [3.8, 4) is 0 Å². The zero-order valence-electron chi connectivity index (χ0n) is 40.3. The quantitative estimate of drug-likeness (QED) is 0.178. The number of fused-ring (bicyclic) bond motifs is 6. The summed E-state index contributed by atoms with van der Waals surface area (Å²) in [5.74, 6) is 2.69. The van der Waals surface area contributed by atoms with Gasteiger partial charge >= 0.3 is 5.97 Å². The summed E-state index contributed by atoms with van der Waals surface area (Å²) in [6.07, 6.45) is 17.2.